The first-order valence-corrected chi connectivity index (χ1v) is 7.20. The van der Waals surface area contributed by atoms with Gasteiger partial charge in [-0.15, -0.1) is 5.10 Å². The van der Waals surface area contributed by atoms with Crippen molar-refractivity contribution in [3.63, 3.8) is 0 Å². The van der Waals surface area contributed by atoms with Crippen molar-refractivity contribution in [3.8, 4) is 0 Å². The van der Waals surface area contributed by atoms with Crippen LogP contribution in [0.3, 0.4) is 0 Å². The Balaban J connectivity index is 1.93. The Morgan fingerprint density at radius 2 is 2.15 bits per heavy atom. The highest BCUT2D eigenvalue weighted by atomic mass is 32.2. The molecule has 0 aliphatic heterocycles. The maximum Gasteiger partial charge on any atom is 0.237 e. The van der Waals surface area contributed by atoms with Crippen LogP contribution >= 0.6 is 11.8 Å². The number of nitrogen functional groups attached to an aromatic ring is 1. The third-order valence-corrected chi connectivity index (χ3v) is 3.72. The van der Waals surface area contributed by atoms with Gasteiger partial charge in [0.15, 0.2) is 0 Å². The number of H-pyrrole nitrogens is 1. The second kappa shape index (κ2) is 6.42. The van der Waals surface area contributed by atoms with Crippen LogP contribution in [0.5, 0.6) is 0 Å². The maximum atomic E-state index is 12.0. The molecule has 0 spiro atoms. The molecule has 4 N–H and O–H groups in total. The van der Waals surface area contributed by atoms with Crippen molar-refractivity contribution in [1.82, 2.24) is 15.2 Å². The molecule has 0 aliphatic rings. The zero-order valence-corrected chi connectivity index (χ0v) is 12.2. The first-order chi connectivity index (χ1) is 9.58. The van der Waals surface area contributed by atoms with Crippen molar-refractivity contribution in [2.24, 2.45) is 0 Å². The number of hydrogen-bond acceptors (Lipinski definition) is 5. The van der Waals surface area contributed by atoms with Crippen LogP contribution in [-0.2, 0) is 11.2 Å². The van der Waals surface area contributed by atoms with Crippen LogP contribution in [0.1, 0.15) is 19.4 Å². The second-order valence-corrected chi connectivity index (χ2v) is 5.61. The summed E-state index contributed by atoms with van der Waals surface area (Å²) < 4.78 is 0. The lowest BCUT2D eigenvalue weighted by atomic mass is 10.1. The molecule has 106 valence electrons. The van der Waals surface area contributed by atoms with Crippen molar-refractivity contribution in [1.29, 1.82) is 0 Å². The Morgan fingerprint density at radius 3 is 2.70 bits per heavy atom. The number of aryl methyl sites for hydroxylation is 1. The Kier molecular flexibility index (Phi) is 4.62. The molecule has 1 aromatic carbocycles. The summed E-state index contributed by atoms with van der Waals surface area (Å²) in [5, 5.41) is 9.45. The third-order valence-electron chi connectivity index (χ3n) is 2.76. The van der Waals surface area contributed by atoms with E-state index in [1.807, 2.05) is 24.3 Å². The van der Waals surface area contributed by atoms with E-state index < -0.39 is 0 Å². The van der Waals surface area contributed by atoms with Gasteiger partial charge in [-0.1, -0.05) is 30.8 Å². The lowest BCUT2D eigenvalue weighted by Gasteiger charge is -2.10. The van der Waals surface area contributed by atoms with Gasteiger partial charge in [0.2, 0.25) is 17.0 Å². The molecule has 0 saturated heterocycles. The smallest absolute Gasteiger partial charge is 0.237 e. The maximum absolute atomic E-state index is 12.0. The zero-order valence-electron chi connectivity index (χ0n) is 11.4. The Hall–Kier alpha value is -2.02. The quantitative estimate of drug-likeness (QED) is 0.733. The minimum absolute atomic E-state index is 0.0948. The number of nitrogens with zero attached hydrogens (tertiary/aromatic N) is 2. The van der Waals surface area contributed by atoms with Crippen LogP contribution in [0.15, 0.2) is 29.4 Å². The van der Waals surface area contributed by atoms with E-state index in [2.05, 4.69) is 27.4 Å². The van der Waals surface area contributed by atoms with Crippen molar-refractivity contribution in [2.75, 3.05) is 11.1 Å². The molecule has 1 heterocycles. The SMILES string of the molecule is CCc1ccc(NC(=O)[C@H](C)Sc2n[nH]c(N)n2)cc1. The molecule has 0 fully saturated rings. The van der Waals surface area contributed by atoms with Gasteiger partial charge in [-0.05, 0) is 31.0 Å². The van der Waals surface area contributed by atoms with Crippen molar-refractivity contribution in [2.45, 2.75) is 30.7 Å². The minimum atomic E-state index is -0.309. The first kappa shape index (κ1) is 14.4. The van der Waals surface area contributed by atoms with Gasteiger partial charge in [0, 0.05) is 5.69 Å². The number of aromatic amines is 1. The summed E-state index contributed by atoms with van der Waals surface area (Å²) in [5.74, 6) is 0.151. The zero-order chi connectivity index (χ0) is 14.5. The molecule has 2 aromatic rings. The molecule has 0 bridgehead atoms. The molecule has 1 aromatic heterocycles. The van der Waals surface area contributed by atoms with Crippen LogP contribution in [0.25, 0.3) is 0 Å². The fraction of sp³-hybridized carbons (Fsp3) is 0.308. The van der Waals surface area contributed by atoms with Gasteiger partial charge in [-0.25, -0.2) is 5.10 Å². The topological polar surface area (TPSA) is 96.7 Å². The van der Waals surface area contributed by atoms with Gasteiger partial charge < -0.3 is 11.1 Å². The molecule has 1 atom stereocenters. The number of thioether (sulfide) groups is 1. The average molecular weight is 291 g/mol. The molecule has 20 heavy (non-hydrogen) atoms. The summed E-state index contributed by atoms with van der Waals surface area (Å²) in [6, 6.07) is 7.81. The first-order valence-electron chi connectivity index (χ1n) is 6.33. The lowest BCUT2D eigenvalue weighted by molar-refractivity contribution is -0.115. The van der Waals surface area contributed by atoms with Crippen molar-refractivity contribution in [3.05, 3.63) is 29.8 Å². The number of hydrogen-bond donors (Lipinski definition) is 3. The summed E-state index contributed by atoms with van der Waals surface area (Å²) in [4.78, 5) is 16.0. The molecular weight excluding hydrogens is 274 g/mol. The number of rotatable bonds is 5. The van der Waals surface area contributed by atoms with E-state index in [0.29, 0.717) is 5.16 Å². The predicted molar refractivity (Wildman–Crippen MR) is 80.6 cm³/mol. The van der Waals surface area contributed by atoms with Crippen LogP contribution in [0.4, 0.5) is 11.6 Å². The number of anilines is 2. The van der Waals surface area contributed by atoms with Gasteiger partial charge >= 0.3 is 0 Å². The van der Waals surface area contributed by atoms with Crippen molar-refractivity contribution >= 4 is 29.3 Å². The Bertz CT molecular complexity index is 581. The van der Waals surface area contributed by atoms with Crippen LogP contribution < -0.4 is 11.1 Å². The van der Waals surface area contributed by atoms with Crippen molar-refractivity contribution < 1.29 is 4.79 Å². The number of amides is 1. The molecule has 0 saturated carbocycles. The van der Waals surface area contributed by atoms with Crippen LogP contribution in [0, 0.1) is 0 Å². The van der Waals surface area contributed by atoms with E-state index in [1.54, 1.807) is 6.92 Å². The van der Waals surface area contributed by atoms with E-state index in [9.17, 15) is 4.79 Å². The molecular formula is C13H17N5OS. The van der Waals surface area contributed by atoms with Gasteiger partial charge in [-0.3, -0.25) is 4.79 Å². The van der Waals surface area contributed by atoms with Gasteiger partial charge in [0.1, 0.15) is 0 Å². The summed E-state index contributed by atoms with van der Waals surface area (Å²) in [6.45, 7) is 3.89. The molecule has 1 amide bonds. The monoisotopic (exact) mass is 291 g/mol. The molecule has 7 heteroatoms. The molecule has 2 rings (SSSR count). The highest BCUT2D eigenvalue weighted by Gasteiger charge is 2.16. The number of benzene rings is 1. The normalized spacial score (nSPS) is 12.1. The molecule has 6 nitrogen and oxygen atoms in total. The standard InChI is InChI=1S/C13H17N5OS/c1-3-9-4-6-10(7-5-9)15-11(19)8(2)20-13-16-12(14)17-18-13/h4-8H,3H2,1-2H3,(H,15,19)(H3,14,16,17,18)/t8-/m0/s1. The largest absolute Gasteiger partial charge is 0.368 e. The predicted octanol–water partition coefficient (Wildman–Crippen LogP) is 2.07. The summed E-state index contributed by atoms with van der Waals surface area (Å²) >= 11 is 1.25. The number of nitrogens with two attached hydrogens (primary N) is 1. The van der Waals surface area contributed by atoms with E-state index >= 15 is 0 Å². The highest BCUT2D eigenvalue weighted by Crippen LogP contribution is 2.21. The fourth-order valence-corrected chi connectivity index (χ4v) is 2.32. The minimum Gasteiger partial charge on any atom is -0.368 e. The van der Waals surface area contributed by atoms with Crippen LogP contribution in [0.2, 0.25) is 0 Å². The van der Waals surface area contributed by atoms with E-state index in [4.69, 9.17) is 5.73 Å². The average Bonchev–Trinajstić information content (AvgIpc) is 2.85. The fourth-order valence-electron chi connectivity index (χ4n) is 1.59. The number of nitrogens with one attached hydrogen (secondary N) is 2. The number of carbonyl (C=O) groups excluding carboxylic acids is 1. The Labute approximate surface area is 121 Å². The molecule has 0 unspecified atom stereocenters. The number of aromatic nitrogens is 3. The summed E-state index contributed by atoms with van der Waals surface area (Å²) in [6.07, 6.45) is 0.979. The van der Waals surface area contributed by atoms with E-state index in [-0.39, 0.29) is 17.1 Å². The van der Waals surface area contributed by atoms with E-state index in [1.165, 1.54) is 17.3 Å². The highest BCUT2D eigenvalue weighted by molar-refractivity contribution is 8.00. The van der Waals surface area contributed by atoms with Gasteiger partial charge in [0.05, 0.1) is 5.25 Å². The molecule has 0 aliphatic carbocycles. The summed E-state index contributed by atoms with van der Waals surface area (Å²) in [7, 11) is 0. The van der Waals surface area contributed by atoms with E-state index in [0.717, 1.165) is 12.1 Å². The molecule has 0 radical (unpaired) electrons. The van der Waals surface area contributed by atoms with Crippen LogP contribution in [-0.4, -0.2) is 26.3 Å². The van der Waals surface area contributed by atoms with Gasteiger partial charge in [-0.2, -0.15) is 4.98 Å². The summed E-state index contributed by atoms with van der Waals surface area (Å²) in [5.41, 5.74) is 7.46. The lowest BCUT2D eigenvalue weighted by Crippen LogP contribution is -2.22. The second-order valence-electron chi connectivity index (χ2n) is 4.30. The van der Waals surface area contributed by atoms with Gasteiger partial charge in [0.25, 0.3) is 0 Å². The number of carbonyl (C=O) groups is 1. The Morgan fingerprint density at radius 1 is 1.45 bits per heavy atom. The third kappa shape index (κ3) is 3.74.